The van der Waals surface area contributed by atoms with Crippen LogP contribution >= 0.6 is 12.4 Å². The van der Waals surface area contributed by atoms with Crippen molar-refractivity contribution in [3.8, 4) is 0 Å². The predicted octanol–water partition coefficient (Wildman–Crippen LogP) is 3.95. The summed E-state index contributed by atoms with van der Waals surface area (Å²) in [5.41, 5.74) is 3.66. The van der Waals surface area contributed by atoms with Crippen molar-refractivity contribution in [2.75, 3.05) is 10.6 Å². The van der Waals surface area contributed by atoms with Crippen molar-refractivity contribution in [2.24, 2.45) is 7.05 Å². The van der Waals surface area contributed by atoms with E-state index >= 15 is 0 Å². The molecule has 6 heteroatoms. The number of carbonyl (C=O) groups excluding carboxylic acids is 1. The van der Waals surface area contributed by atoms with E-state index in [0.717, 1.165) is 22.2 Å². The van der Waals surface area contributed by atoms with Gasteiger partial charge in [-0.3, -0.25) is 4.98 Å². The van der Waals surface area contributed by atoms with Crippen LogP contribution in [-0.2, 0) is 7.05 Å². The molecule has 0 saturated heterocycles. The number of urea groups is 1. The molecule has 0 unspecified atom stereocenters. The molecular formula is C16H17ClN4O. The first-order valence-electron chi connectivity index (χ1n) is 6.68. The first-order chi connectivity index (χ1) is 10.1. The zero-order valence-corrected chi connectivity index (χ0v) is 13.1. The van der Waals surface area contributed by atoms with Crippen LogP contribution in [0.4, 0.5) is 16.2 Å². The molecule has 3 rings (SSSR count). The standard InChI is InChI=1S/C16H16N4O.ClH/c1-11-13-7-9-20(2)15(13)6-5-14(11)19-16(21)18-12-4-3-8-17-10-12;/h3-10H,1-2H3,(H2,18,19,21);1H. The van der Waals surface area contributed by atoms with Crippen LogP contribution in [0.25, 0.3) is 10.9 Å². The smallest absolute Gasteiger partial charge is 0.323 e. The number of anilines is 2. The van der Waals surface area contributed by atoms with E-state index in [1.807, 2.05) is 32.3 Å². The van der Waals surface area contributed by atoms with E-state index in [4.69, 9.17) is 0 Å². The predicted molar refractivity (Wildman–Crippen MR) is 91.8 cm³/mol. The molecule has 2 N–H and O–H groups in total. The molecule has 0 spiro atoms. The van der Waals surface area contributed by atoms with Crippen molar-refractivity contribution >= 4 is 40.7 Å². The molecule has 2 amide bonds. The number of aryl methyl sites for hydroxylation is 2. The fraction of sp³-hybridized carbons (Fsp3) is 0.125. The van der Waals surface area contributed by atoms with Crippen LogP contribution in [-0.4, -0.2) is 15.6 Å². The van der Waals surface area contributed by atoms with E-state index < -0.39 is 0 Å². The Morgan fingerprint density at radius 2 is 2.00 bits per heavy atom. The first-order valence-corrected chi connectivity index (χ1v) is 6.68. The Morgan fingerprint density at radius 1 is 1.18 bits per heavy atom. The van der Waals surface area contributed by atoms with E-state index in [9.17, 15) is 4.79 Å². The number of hydrogen-bond donors (Lipinski definition) is 2. The lowest BCUT2D eigenvalue weighted by molar-refractivity contribution is 0.262. The van der Waals surface area contributed by atoms with Gasteiger partial charge in [0.2, 0.25) is 0 Å². The van der Waals surface area contributed by atoms with Crippen LogP contribution in [0, 0.1) is 6.92 Å². The number of nitrogens with zero attached hydrogens (tertiary/aromatic N) is 2. The number of halogens is 1. The van der Waals surface area contributed by atoms with Crippen LogP contribution in [0.3, 0.4) is 0 Å². The minimum atomic E-state index is -0.276. The Hall–Kier alpha value is -2.53. The van der Waals surface area contributed by atoms with E-state index in [0.29, 0.717) is 5.69 Å². The van der Waals surface area contributed by atoms with E-state index in [1.165, 1.54) is 0 Å². The number of amides is 2. The summed E-state index contributed by atoms with van der Waals surface area (Å²) in [7, 11) is 2.00. The molecule has 0 bridgehead atoms. The summed E-state index contributed by atoms with van der Waals surface area (Å²) < 4.78 is 2.06. The third-order valence-electron chi connectivity index (χ3n) is 3.50. The molecule has 0 atom stereocenters. The Kier molecular flexibility index (Phi) is 4.68. The molecule has 3 aromatic rings. The third-order valence-corrected chi connectivity index (χ3v) is 3.50. The molecule has 0 fully saturated rings. The molecule has 5 nitrogen and oxygen atoms in total. The molecule has 0 aliphatic rings. The van der Waals surface area contributed by atoms with Crippen LogP contribution in [0.2, 0.25) is 0 Å². The minimum Gasteiger partial charge on any atom is -0.351 e. The van der Waals surface area contributed by atoms with Crippen LogP contribution in [0.15, 0.2) is 48.9 Å². The van der Waals surface area contributed by atoms with Crippen LogP contribution in [0.1, 0.15) is 5.56 Å². The minimum absolute atomic E-state index is 0. The number of hydrogen-bond acceptors (Lipinski definition) is 2. The molecule has 1 aromatic carbocycles. The van der Waals surface area contributed by atoms with Gasteiger partial charge in [0.1, 0.15) is 0 Å². The molecule has 114 valence electrons. The fourth-order valence-corrected chi connectivity index (χ4v) is 2.36. The number of aromatic nitrogens is 2. The number of carbonyl (C=O) groups is 1. The largest absolute Gasteiger partial charge is 0.351 e. The highest BCUT2D eigenvalue weighted by molar-refractivity contribution is 6.02. The molecule has 0 aliphatic carbocycles. The van der Waals surface area contributed by atoms with Gasteiger partial charge in [-0.1, -0.05) is 0 Å². The molecule has 0 radical (unpaired) electrons. The Balaban J connectivity index is 0.00000176. The van der Waals surface area contributed by atoms with Crippen molar-refractivity contribution in [3.63, 3.8) is 0 Å². The van der Waals surface area contributed by atoms with E-state index in [-0.39, 0.29) is 18.4 Å². The first kappa shape index (κ1) is 15.9. The van der Waals surface area contributed by atoms with Crippen LogP contribution in [0.5, 0.6) is 0 Å². The van der Waals surface area contributed by atoms with Gasteiger partial charge in [0.05, 0.1) is 11.9 Å². The number of nitrogens with one attached hydrogen (secondary N) is 2. The quantitative estimate of drug-likeness (QED) is 0.752. The van der Waals surface area contributed by atoms with Crippen molar-refractivity contribution in [1.82, 2.24) is 9.55 Å². The fourth-order valence-electron chi connectivity index (χ4n) is 2.36. The van der Waals surface area contributed by atoms with Gasteiger partial charge in [0.15, 0.2) is 0 Å². The second-order valence-corrected chi connectivity index (χ2v) is 4.92. The Morgan fingerprint density at radius 3 is 2.73 bits per heavy atom. The molecular weight excluding hydrogens is 300 g/mol. The lowest BCUT2D eigenvalue weighted by Gasteiger charge is -2.11. The zero-order chi connectivity index (χ0) is 14.8. The van der Waals surface area contributed by atoms with Gasteiger partial charge in [-0.25, -0.2) is 4.79 Å². The van der Waals surface area contributed by atoms with Gasteiger partial charge in [-0.2, -0.15) is 0 Å². The third kappa shape index (κ3) is 3.04. The van der Waals surface area contributed by atoms with Gasteiger partial charge in [-0.15, -0.1) is 12.4 Å². The lowest BCUT2D eigenvalue weighted by atomic mass is 10.1. The highest BCUT2D eigenvalue weighted by Gasteiger charge is 2.09. The maximum Gasteiger partial charge on any atom is 0.323 e. The SMILES string of the molecule is Cc1c(NC(=O)Nc2cccnc2)ccc2c1ccn2C.Cl. The summed E-state index contributed by atoms with van der Waals surface area (Å²) in [6.45, 7) is 2.00. The molecule has 2 aromatic heterocycles. The molecule has 2 heterocycles. The highest BCUT2D eigenvalue weighted by atomic mass is 35.5. The topological polar surface area (TPSA) is 59.0 Å². The van der Waals surface area contributed by atoms with E-state index in [2.05, 4.69) is 26.3 Å². The number of fused-ring (bicyclic) bond motifs is 1. The highest BCUT2D eigenvalue weighted by Crippen LogP contribution is 2.26. The van der Waals surface area contributed by atoms with Gasteiger partial charge < -0.3 is 15.2 Å². The summed E-state index contributed by atoms with van der Waals surface area (Å²) in [5, 5.41) is 6.76. The normalized spacial score (nSPS) is 10.1. The monoisotopic (exact) mass is 316 g/mol. The summed E-state index contributed by atoms with van der Waals surface area (Å²) in [4.78, 5) is 16.0. The molecule has 0 saturated carbocycles. The van der Waals surface area contributed by atoms with Crippen molar-refractivity contribution in [1.29, 1.82) is 0 Å². The number of benzene rings is 1. The van der Waals surface area contributed by atoms with Crippen molar-refractivity contribution in [3.05, 3.63) is 54.5 Å². The second kappa shape index (κ2) is 6.49. The summed E-state index contributed by atoms with van der Waals surface area (Å²) in [6, 6.07) is 9.26. The second-order valence-electron chi connectivity index (χ2n) is 4.92. The summed E-state index contributed by atoms with van der Waals surface area (Å²) >= 11 is 0. The maximum absolute atomic E-state index is 12.0. The van der Waals surface area contributed by atoms with Gasteiger partial charge in [-0.05, 0) is 42.8 Å². The van der Waals surface area contributed by atoms with Crippen molar-refractivity contribution < 1.29 is 4.79 Å². The average Bonchev–Trinajstić information content (AvgIpc) is 2.85. The maximum atomic E-state index is 12.0. The Labute approximate surface area is 134 Å². The van der Waals surface area contributed by atoms with E-state index in [1.54, 1.807) is 24.5 Å². The van der Waals surface area contributed by atoms with Gasteiger partial charge >= 0.3 is 6.03 Å². The van der Waals surface area contributed by atoms with Crippen molar-refractivity contribution in [2.45, 2.75) is 6.92 Å². The Bertz CT molecular complexity index is 799. The van der Waals surface area contributed by atoms with Gasteiger partial charge in [0, 0.05) is 36.0 Å². The average molecular weight is 317 g/mol. The summed E-state index contributed by atoms with van der Waals surface area (Å²) in [5.74, 6) is 0. The van der Waals surface area contributed by atoms with Gasteiger partial charge in [0.25, 0.3) is 0 Å². The zero-order valence-electron chi connectivity index (χ0n) is 12.3. The molecule has 22 heavy (non-hydrogen) atoms. The lowest BCUT2D eigenvalue weighted by Crippen LogP contribution is -2.20. The summed E-state index contributed by atoms with van der Waals surface area (Å²) in [6.07, 6.45) is 5.28. The number of pyridine rings is 1. The van der Waals surface area contributed by atoms with Crippen LogP contribution < -0.4 is 10.6 Å². The molecule has 0 aliphatic heterocycles. The number of rotatable bonds is 2.